The second-order valence-corrected chi connectivity index (χ2v) is 9.03. The lowest BCUT2D eigenvalue weighted by Gasteiger charge is -2.28. The standard InChI is InChI=1S/C29H22ClNO6/c1-3-36-29(35)17-8-6-9-20(14-17)31-25(21-10-5-4-7-16(21)2)24(27(33)28(31)34)26(32)23-15-18-13-19(30)11-12-22(18)37-23/h4-15,25,33H,3H2,1-2H3. The van der Waals surface area contributed by atoms with Gasteiger partial charge in [0, 0.05) is 16.1 Å². The van der Waals surface area contributed by atoms with Crippen LogP contribution in [0.4, 0.5) is 5.69 Å². The molecule has 0 fully saturated rings. The molecule has 1 amide bonds. The molecule has 37 heavy (non-hydrogen) atoms. The van der Waals surface area contributed by atoms with Crippen LogP contribution in [0.5, 0.6) is 0 Å². The fourth-order valence-electron chi connectivity index (χ4n) is 4.55. The summed E-state index contributed by atoms with van der Waals surface area (Å²) in [5.74, 6) is -2.66. The molecule has 3 aromatic carbocycles. The zero-order valence-corrected chi connectivity index (χ0v) is 20.8. The van der Waals surface area contributed by atoms with Crippen molar-refractivity contribution in [1.82, 2.24) is 0 Å². The third kappa shape index (κ3) is 4.27. The van der Waals surface area contributed by atoms with E-state index in [1.807, 2.05) is 19.1 Å². The van der Waals surface area contributed by atoms with Crippen LogP contribution < -0.4 is 4.90 Å². The van der Waals surface area contributed by atoms with Crippen molar-refractivity contribution in [2.75, 3.05) is 11.5 Å². The van der Waals surface area contributed by atoms with Gasteiger partial charge in [-0.05, 0) is 67.4 Å². The number of anilines is 1. The molecule has 2 heterocycles. The second-order valence-electron chi connectivity index (χ2n) is 8.59. The number of furan rings is 1. The SMILES string of the molecule is CCOC(=O)c1cccc(N2C(=O)C(O)=C(C(=O)c3cc4cc(Cl)ccc4o3)C2c2ccccc2C)c1. The predicted octanol–water partition coefficient (Wildman–Crippen LogP) is 6.35. The van der Waals surface area contributed by atoms with Gasteiger partial charge in [-0.3, -0.25) is 14.5 Å². The molecular weight excluding hydrogens is 494 g/mol. The highest BCUT2D eigenvalue weighted by Crippen LogP contribution is 2.43. The summed E-state index contributed by atoms with van der Waals surface area (Å²) in [4.78, 5) is 40.9. The molecule has 0 radical (unpaired) electrons. The highest BCUT2D eigenvalue weighted by Gasteiger charge is 2.46. The Morgan fingerprint density at radius 2 is 1.84 bits per heavy atom. The van der Waals surface area contributed by atoms with Crippen LogP contribution in [0.2, 0.25) is 5.02 Å². The minimum absolute atomic E-state index is 0.0349. The number of nitrogens with zero attached hydrogens (tertiary/aromatic N) is 1. The number of aryl methyl sites for hydroxylation is 1. The third-order valence-electron chi connectivity index (χ3n) is 6.27. The number of fused-ring (bicyclic) bond motifs is 1. The van der Waals surface area contributed by atoms with E-state index in [0.29, 0.717) is 27.2 Å². The van der Waals surface area contributed by atoms with Crippen molar-refractivity contribution in [3.63, 3.8) is 0 Å². The van der Waals surface area contributed by atoms with E-state index in [-0.39, 0.29) is 23.5 Å². The number of esters is 1. The Morgan fingerprint density at radius 1 is 1.05 bits per heavy atom. The van der Waals surface area contributed by atoms with Crippen molar-refractivity contribution in [2.24, 2.45) is 0 Å². The molecule has 0 bridgehead atoms. The summed E-state index contributed by atoms with van der Waals surface area (Å²) in [5, 5.41) is 12.1. The summed E-state index contributed by atoms with van der Waals surface area (Å²) < 4.78 is 10.9. The minimum Gasteiger partial charge on any atom is -0.503 e. The van der Waals surface area contributed by atoms with Crippen LogP contribution in [0.1, 0.15) is 45.0 Å². The molecule has 5 rings (SSSR count). The number of hydrogen-bond acceptors (Lipinski definition) is 6. The molecule has 0 spiro atoms. The van der Waals surface area contributed by atoms with E-state index in [2.05, 4.69) is 0 Å². The van der Waals surface area contributed by atoms with Crippen LogP contribution in [0.25, 0.3) is 11.0 Å². The summed E-state index contributed by atoms with van der Waals surface area (Å²) in [6.07, 6.45) is 0. The van der Waals surface area contributed by atoms with Gasteiger partial charge in [-0.25, -0.2) is 4.79 Å². The first-order chi connectivity index (χ1) is 17.8. The highest BCUT2D eigenvalue weighted by atomic mass is 35.5. The molecule has 1 aromatic heterocycles. The quantitative estimate of drug-likeness (QED) is 0.237. The maximum absolute atomic E-state index is 13.8. The van der Waals surface area contributed by atoms with Gasteiger partial charge in [-0.1, -0.05) is 41.9 Å². The van der Waals surface area contributed by atoms with Crippen molar-refractivity contribution < 1.29 is 28.6 Å². The zero-order chi connectivity index (χ0) is 26.3. The van der Waals surface area contributed by atoms with Crippen molar-refractivity contribution in [3.05, 3.63) is 112 Å². The molecule has 1 unspecified atom stereocenters. The Bertz CT molecular complexity index is 1600. The number of rotatable bonds is 6. The molecule has 1 N–H and O–H groups in total. The first-order valence-corrected chi connectivity index (χ1v) is 12.0. The van der Waals surface area contributed by atoms with Gasteiger partial charge in [0.05, 0.1) is 23.8 Å². The van der Waals surface area contributed by atoms with E-state index in [1.165, 1.54) is 17.0 Å². The zero-order valence-electron chi connectivity index (χ0n) is 20.0. The number of carbonyl (C=O) groups excluding carboxylic acids is 3. The molecule has 0 saturated heterocycles. The maximum Gasteiger partial charge on any atom is 0.338 e. The van der Waals surface area contributed by atoms with Crippen LogP contribution in [-0.2, 0) is 9.53 Å². The molecule has 1 aliphatic rings. The van der Waals surface area contributed by atoms with E-state index in [1.54, 1.807) is 55.5 Å². The smallest absolute Gasteiger partial charge is 0.338 e. The first kappa shape index (κ1) is 24.3. The monoisotopic (exact) mass is 515 g/mol. The normalized spacial score (nSPS) is 15.5. The second kappa shape index (κ2) is 9.59. The van der Waals surface area contributed by atoms with E-state index >= 15 is 0 Å². The highest BCUT2D eigenvalue weighted by molar-refractivity contribution is 6.31. The summed E-state index contributed by atoms with van der Waals surface area (Å²) in [5.41, 5.74) is 2.35. The lowest BCUT2D eigenvalue weighted by atomic mass is 9.92. The van der Waals surface area contributed by atoms with Crippen LogP contribution >= 0.6 is 11.6 Å². The van der Waals surface area contributed by atoms with E-state index < -0.39 is 29.5 Å². The maximum atomic E-state index is 13.8. The Balaban J connectivity index is 1.65. The Labute approximate surface area is 217 Å². The lowest BCUT2D eigenvalue weighted by Crippen LogP contribution is -2.31. The average Bonchev–Trinajstić information content (AvgIpc) is 3.42. The summed E-state index contributed by atoms with van der Waals surface area (Å²) >= 11 is 6.08. The summed E-state index contributed by atoms with van der Waals surface area (Å²) in [6, 6.07) is 19.1. The third-order valence-corrected chi connectivity index (χ3v) is 6.51. The number of Topliss-reactive ketones (excluding diaryl/α,β-unsaturated/α-hetero) is 1. The van der Waals surface area contributed by atoms with Gasteiger partial charge in [0.15, 0.2) is 11.5 Å². The molecule has 0 aliphatic carbocycles. The van der Waals surface area contributed by atoms with E-state index in [4.69, 9.17) is 20.8 Å². The van der Waals surface area contributed by atoms with Crippen molar-refractivity contribution >= 4 is 45.9 Å². The molecule has 186 valence electrons. The number of hydrogen-bond donors (Lipinski definition) is 1. The molecule has 1 aliphatic heterocycles. The molecule has 8 heteroatoms. The number of aliphatic hydroxyl groups excluding tert-OH is 1. The summed E-state index contributed by atoms with van der Waals surface area (Å²) in [6.45, 7) is 3.75. The van der Waals surface area contributed by atoms with Crippen LogP contribution in [0.3, 0.4) is 0 Å². The lowest BCUT2D eigenvalue weighted by molar-refractivity contribution is -0.117. The Hall–Kier alpha value is -4.36. The van der Waals surface area contributed by atoms with Gasteiger partial charge < -0.3 is 14.3 Å². The number of ether oxygens (including phenoxy) is 1. The van der Waals surface area contributed by atoms with E-state index in [9.17, 15) is 19.5 Å². The molecular formula is C29H22ClNO6. The van der Waals surface area contributed by atoms with Gasteiger partial charge in [-0.2, -0.15) is 0 Å². The van der Waals surface area contributed by atoms with Crippen LogP contribution in [0, 0.1) is 6.92 Å². The first-order valence-electron chi connectivity index (χ1n) is 11.6. The van der Waals surface area contributed by atoms with Gasteiger partial charge in [0.1, 0.15) is 5.58 Å². The number of halogens is 1. The fourth-order valence-corrected chi connectivity index (χ4v) is 4.73. The predicted molar refractivity (Wildman–Crippen MR) is 139 cm³/mol. The minimum atomic E-state index is -0.963. The van der Waals surface area contributed by atoms with Gasteiger partial charge in [-0.15, -0.1) is 0 Å². The largest absolute Gasteiger partial charge is 0.503 e. The average molecular weight is 516 g/mol. The van der Waals surface area contributed by atoms with Crippen LogP contribution in [0.15, 0.2) is 88.5 Å². The molecule has 0 saturated carbocycles. The number of ketones is 1. The molecule has 1 atom stereocenters. The molecule has 7 nitrogen and oxygen atoms in total. The van der Waals surface area contributed by atoms with Crippen molar-refractivity contribution in [3.8, 4) is 0 Å². The molecule has 4 aromatic rings. The van der Waals surface area contributed by atoms with Gasteiger partial charge in [0.25, 0.3) is 5.91 Å². The number of aliphatic hydroxyl groups is 1. The number of benzene rings is 3. The van der Waals surface area contributed by atoms with Crippen LogP contribution in [-0.4, -0.2) is 29.4 Å². The van der Waals surface area contributed by atoms with Gasteiger partial charge in [0.2, 0.25) is 5.78 Å². The van der Waals surface area contributed by atoms with Crippen molar-refractivity contribution in [1.29, 1.82) is 0 Å². The Morgan fingerprint density at radius 3 is 2.59 bits per heavy atom. The number of amides is 1. The number of carbonyl (C=O) groups is 3. The van der Waals surface area contributed by atoms with Gasteiger partial charge >= 0.3 is 5.97 Å². The van der Waals surface area contributed by atoms with E-state index in [0.717, 1.165) is 5.56 Å². The topological polar surface area (TPSA) is 97.0 Å². The summed E-state index contributed by atoms with van der Waals surface area (Å²) in [7, 11) is 0. The fraction of sp³-hybridized carbons (Fsp3) is 0.138. The Kier molecular flexibility index (Phi) is 6.31. The van der Waals surface area contributed by atoms with Crippen molar-refractivity contribution in [2.45, 2.75) is 19.9 Å².